The summed E-state index contributed by atoms with van der Waals surface area (Å²) in [7, 11) is 1.70. The summed E-state index contributed by atoms with van der Waals surface area (Å²) >= 11 is 0. The molecule has 1 aliphatic rings. The highest BCUT2D eigenvalue weighted by atomic mass is 16.5. The van der Waals surface area contributed by atoms with E-state index in [-0.39, 0.29) is 5.41 Å². The van der Waals surface area contributed by atoms with Crippen LogP contribution in [0, 0.1) is 19.3 Å². The molecule has 72 valence electrons. The lowest BCUT2D eigenvalue weighted by atomic mass is 9.94. The van der Waals surface area contributed by atoms with E-state index in [1.807, 2.05) is 6.07 Å². The maximum absolute atomic E-state index is 5.57. The second kappa shape index (κ2) is 3.06. The van der Waals surface area contributed by atoms with Crippen molar-refractivity contribution in [1.29, 1.82) is 0 Å². The van der Waals surface area contributed by atoms with Gasteiger partial charge >= 0.3 is 0 Å². The average molecular weight is 186 g/mol. The first-order valence-electron chi connectivity index (χ1n) is 4.85. The van der Waals surface area contributed by atoms with Crippen molar-refractivity contribution >= 4 is 0 Å². The van der Waals surface area contributed by atoms with Crippen LogP contribution >= 0.6 is 0 Å². The third kappa shape index (κ3) is 1.28. The number of terminal acetylenes is 1. The minimum absolute atomic E-state index is 0.0304. The predicted molar refractivity (Wildman–Crippen MR) is 57.5 cm³/mol. The van der Waals surface area contributed by atoms with Crippen LogP contribution in [0.25, 0.3) is 0 Å². The van der Waals surface area contributed by atoms with Crippen molar-refractivity contribution in [2.75, 3.05) is 7.11 Å². The number of hydrogen-bond donors (Lipinski definition) is 0. The Kier molecular flexibility index (Phi) is 2.00. The molecule has 14 heavy (non-hydrogen) atoms. The van der Waals surface area contributed by atoms with Gasteiger partial charge in [-0.15, -0.1) is 6.42 Å². The lowest BCUT2D eigenvalue weighted by Crippen LogP contribution is -2.05. The van der Waals surface area contributed by atoms with Crippen molar-refractivity contribution in [2.24, 2.45) is 0 Å². The van der Waals surface area contributed by atoms with Crippen LogP contribution in [0.4, 0.5) is 0 Å². The van der Waals surface area contributed by atoms with Crippen LogP contribution in [0.15, 0.2) is 18.2 Å². The fraction of sp³-hybridized carbons (Fsp3) is 0.385. The van der Waals surface area contributed by atoms with E-state index in [2.05, 4.69) is 25.0 Å². The molecular formula is C13H14O. The number of rotatable bonds is 2. The Morgan fingerprint density at radius 1 is 1.43 bits per heavy atom. The molecule has 1 aliphatic carbocycles. The fourth-order valence-corrected chi connectivity index (χ4v) is 1.81. The van der Waals surface area contributed by atoms with Crippen LogP contribution in [-0.2, 0) is 5.41 Å². The summed E-state index contributed by atoms with van der Waals surface area (Å²) in [5.74, 6) is 3.81. The molecule has 0 atom stereocenters. The number of hydrogen-bond acceptors (Lipinski definition) is 1. The maximum Gasteiger partial charge on any atom is 0.123 e. The van der Waals surface area contributed by atoms with Gasteiger partial charge in [-0.3, -0.25) is 0 Å². The van der Waals surface area contributed by atoms with Crippen molar-refractivity contribution < 1.29 is 4.74 Å². The Hall–Kier alpha value is -1.42. The van der Waals surface area contributed by atoms with Gasteiger partial charge in [0, 0.05) is 5.56 Å². The molecule has 1 heteroatoms. The summed E-state index contributed by atoms with van der Waals surface area (Å²) in [5.41, 5.74) is 2.39. The van der Waals surface area contributed by atoms with Gasteiger partial charge in [-0.1, -0.05) is 23.6 Å². The molecule has 0 amide bonds. The third-order valence-electron chi connectivity index (χ3n) is 2.90. The van der Waals surface area contributed by atoms with Crippen LogP contribution in [-0.4, -0.2) is 7.11 Å². The monoisotopic (exact) mass is 186 g/mol. The first kappa shape index (κ1) is 9.15. The second-order valence-electron chi connectivity index (χ2n) is 3.93. The Labute approximate surface area is 85.1 Å². The van der Waals surface area contributed by atoms with Crippen molar-refractivity contribution in [3.8, 4) is 18.1 Å². The highest BCUT2D eigenvalue weighted by Gasteiger charge is 2.44. The van der Waals surface area contributed by atoms with Gasteiger partial charge < -0.3 is 4.74 Å². The molecule has 0 bridgehead atoms. The molecule has 0 unspecified atom stereocenters. The van der Waals surface area contributed by atoms with Gasteiger partial charge in [0.1, 0.15) is 5.75 Å². The zero-order valence-electron chi connectivity index (χ0n) is 8.63. The lowest BCUT2D eigenvalue weighted by Gasteiger charge is -2.13. The van der Waals surface area contributed by atoms with E-state index in [1.165, 1.54) is 11.1 Å². The van der Waals surface area contributed by atoms with Gasteiger partial charge in [0.05, 0.1) is 12.5 Å². The molecule has 2 rings (SSSR count). The van der Waals surface area contributed by atoms with Crippen molar-refractivity contribution in [3.63, 3.8) is 0 Å². The normalized spacial score (nSPS) is 17.2. The Morgan fingerprint density at radius 2 is 2.14 bits per heavy atom. The van der Waals surface area contributed by atoms with Gasteiger partial charge in [0.15, 0.2) is 0 Å². The Bertz CT molecular complexity index is 394. The molecule has 0 aromatic heterocycles. The second-order valence-corrected chi connectivity index (χ2v) is 3.93. The summed E-state index contributed by atoms with van der Waals surface area (Å²) in [6, 6.07) is 6.20. The molecule has 1 aromatic carbocycles. The highest BCUT2D eigenvalue weighted by molar-refractivity contribution is 5.50. The molecule has 0 N–H and O–H groups in total. The standard InChI is InChI=1S/C13H14O/c1-4-13(7-8-13)11-9-10(2)5-6-12(11)14-3/h1,5-6,9H,7-8H2,2-3H3. The molecule has 1 aromatic rings. The molecule has 1 fully saturated rings. The summed E-state index contributed by atoms with van der Waals surface area (Å²) in [6.07, 6.45) is 7.74. The minimum Gasteiger partial charge on any atom is -0.496 e. The van der Waals surface area contributed by atoms with E-state index in [9.17, 15) is 0 Å². The van der Waals surface area contributed by atoms with Crippen molar-refractivity contribution in [1.82, 2.24) is 0 Å². The molecular weight excluding hydrogens is 172 g/mol. The summed E-state index contributed by atoms with van der Waals surface area (Å²) in [5, 5.41) is 0. The summed E-state index contributed by atoms with van der Waals surface area (Å²) < 4.78 is 5.33. The average Bonchev–Trinajstić information content (AvgIpc) is 2.98. The molecule has 1 saturated carbocycles. The summed E-state index contributed by atoms with van der Waals surface area (Å²) in [4.78, 5) is 0. The predicted octanol–water partition coefficient (Wildman–Crippen LogP) is 2.67. The van der Waals surface area contributed by atoms with Crippen LogP contribution < -0.4 is 4.74 Å². The summed E-state index contributed by atoms with van der Waals surface area (Å²) in [6.45, 7) is 2.08. The SMILES string of the molecule is C#CC1(c2cc(C)ccc2OC)CC1. The third-order valence-corrected chi connectivity index (χ3v) is 2.90. The molecule has 0 radical (unpaired) electrons. The van der Waals surface area contributed by atoms with E-state index in [1.54, 1.807) is 7.11 Å². The minimum atomic E-state index is -0.0304. The van der Waals surface area contributed by atoms with Crippen LogP contribution in [0.3, 0.4) is 0 Å². The largest absolute Gasteiger partial charge is 0.496 e. The number of benzene rings is 1. The zero-order valence-corrected chi connectivity index (χ0v) is 8.63. The van der Waals surface area contributed by atoms with E-state index in [0.717, 1.165) is 18.6 Å². The van der Waals surface area contributed by atoms with Crippen LogP contribution in [0.2, 0.25) is 0 Å². The van der Waals surface area contributed by atoms with E-state index >= 15 is 0 Å². The Balaban J connectivity index is 2.51. The van der Waals surface area contributed by atoms with Gasteiger partial charge in [0.2, 0.25) is 0 Å². The smallest absolute Gasteiger partial charge is 0.123 e. The van der Waals surface area contributed by atoms with Gasteiger partial charge in [-0.2, -0.15) is 0 Å². The van der Waals surface area contributed by atoms with Crippen molar-refractivity contribution in [3.05, 3.63) is 29.3 Å². The van der Waals surface area contributed by atoms with Crippen LogP contribution in [0.5, 0.6) is 5.75 Å². The number of aryl methyl sites for hydroxylation is 1. The molecule has 0 saturated heterocycles. The Morgan fingerprint density at radius 3 is 2.64 bits per heavy atom. The van der Waals surface area contributed by atoms with E-state index in [0.29, 0.717) is 0 Å². The fourth-order valence-electron chi connectivity index (χ4n) is 1.81. The van der Waals surface area contributed by atoms with Crippen LogP contribution in [0.1, 0.15) is 24.0 Å². The molecule has 0 spiro atoms. The lowest BCUT2D eigenvalue weighted by molar-refractivity contribution is 0.407. The highest BCUT2D eigenvalue weighted by Crippen LogP contribution is 2.50. The first-order valence-corrected chi connectivity index (χ1v) is 4.85. The quantitative estimate of drug-likeness (QED) is 0.645. The molecule has 0 heterocycles. The maximum atomic E-state index is 5.57. The molecule has 0 aliphatic heterocycles. The number of ether oxygens (including phenoxy) is 1. The van der Waals surface area contributed by atoms with Crippen molar-refractivity contribution in [2.45, 2.75) is 25.2 Å². The van der Waals surface area contributed by atoms with Gasteiger partial charge in [-0.05, 0) is 25.8 Å². The number of methoxy groups -OCH3 is 1. The van der Waals surface area contributed by atoms with Gasteiger partial charge in [-0.25, -0.2) is 0 Å². The topological polar surface area (TPSA) is 9.23 Å². The zero-order chi connectivity index (χ0) is 10.2. The molecule has 1 nitrogen and oxygen atoms in total. The van der Waals surface area contributed by atoms with Gasteiger partial charge in [0.25, 0.3) is 0 Å². The first-order chi connectivity index (χ1) is 6.72. The van der Waals surface area contributed by atoms with E-state index < -0.39 is 0 Å². The van der Waals surface area contributed by atoms with E-state index in [4.69, 9.17) is 11.2 Å².